The summed E-state index contributed by atoms with van der Waals surface area (Å²) in [6.07, 6.45) is 0.204. The molecule has 8 nitrogen and oxygen atoms in total. The van der Waals surface area contributed by atoms with Gasteiger partial charge in [-0.2, -0.15) is 5.26 Å². The van der Waals surface area contributed by atoms with Crippen molar-refractivity contribution in [1.29, 1.82) is 5.26 Å². The fourth-order valence-electron chi connectivity index (χ4n) is 3.76. The van der Waals surface area contributed by atoms with Crippen LogP contribution in [0.4, 0.5) is 17.1 Å². The highest BCUT2D eigenvalue weighted by molar-refractivity contribution is 8.05. The number of nitriles is 1. The number of aryl methyl sites for hydroxylation is 2. The number of benzene rings is 3. The molecule has 0 aromatic heterocycles. The van der Waals surface area contributed by atoms with Crippen molar-refractivity contribution in [2.45, 2.75) is 25.5 Å². The summed E-state index contributed by atoms with van der Waals surface area (Å²) < 4.78 is 0. The van der Waals surface area contributed by atoms with Gasteiger partial charge in [0.2, 0.25) is 5.91 Å². The zero-order chi connectivity index (χ0) is 25.8. The van der Waals surface area contributed by atoms with Gasteiger partial charge in [-0.3, -0.25) is 24.6 Å². The van der Waals surface area contributed by atoms with Crippen molar-refractivity contribution in [3.63, 3.8) is 0 Å². The zero-order valence-electron chi connectivity index (χ0n) is 19.6. The van der Waals surface area contributed by atoms with E-state index in [0.29, 0.717) is 16.9 Å². The molecule has 1 fully saturated rings. The maximum atomic E-state index is 13.6. The van der Waals surface area contributed by atoms with Crippen LogP contribution in [0.1, 0.15) is 16.7 Å². The molecule has 0 radical (unpaired) electrons. The van der Waals surface area contributed by atoms with Gasteiger partial charge >= 0.3 is 0 Å². The lowest BCUT2D eigenvalue weighted by atomic mass is 10.1. The third kappa shape index (κ3) is 5.29. The van der Waals surface area contributed by atoms with Gasteiger partial charge in [-0.1, -0.05) is 59.3 Å². The van der Waals surface area contributed by atoms with E-state index in [0.717, 1.165) is 22.9 Å². The second-order valence-corrected chi connectivity index (χ2v) is 9.55. The molecule has 0 unspecified atom stereocenters. The van der Waals surface area contributed by atoms with Crippen LogP contribution in [-0.4, -0.2) is 22.0 Å². The second-order valence-electron chi connectivity index (χ2n) is 8.36. The highest BCUT2D eigenvalue weighted by atomic mass is 32.2. The van der Waals surface area contributed by atoms with Gasteiger partial charge in [-0.15, -0.1) is 0 Å². The number of nitrogens with one attached hydrogen (secondary N) is 1. The number of anilines is 2. The Morgan fingerprint density at radius 2 is 1.72 bits per heavy atom. The first kappa shape index (κ1) is 24.7. The maximum Gasteiger partial charge on any atom is 0.269 e. The summed E-state index contributed by atoms with van der Waals surface area (Å²) >= 11 is 1.11. The van der Waals surface area contributed by atoms with Gasteiger partial charge in [0.15, 0.2) is 0 Å². The molecule has 180 valence electrons. The summed E-state index contributed by atoms with van der Waals surface area (Å²) in [6.45, 7) is 3.85. The molecule has 1 N–H and O–H groups in total. The zero-order valence-corrected chi connectivity index (χ0v) is 20.4. The van der Waals surface area contributed by atoms with E-state index >= 15 is 0 Å². The molecule has 36 heavy (non-hydrogen) atoms. The Morgan fingerprint density at radius 3 is 2.33 bits per heavy atom. The average molecular weight is 499 g/mol. The van der Waals surface area contributed by atoms with Gasteiger partial charge in [0.25, 0.3) is 11.6 Å². The molecule has 4 rings (SSSR count). The van der Waals surface area contributed by atoms with Crippen LogP contribution >= 0.6 is 11.8 Å². The fraction of sp³-hybridized carbons (Fsp3) is 0.148. The van der Waals surface area contributed by atoms with Crippen LogP contribution in [0.25, 0.3) is 0 Å². The Balaban J connectivity index is 1.72. The third-order valence-corrected chi connectivity index (χ3v) is 6.91. The lowest BCUT2D eigenvalue weighted by Crippen LogP contribution is -2.30. The van der Waals surface area contributed by atoms with Crippen molar-refractivity contribution in [3.05, 3.63) is 110 Å². The van der Waals surface area contributed by atoms with Gasteiger partial charge in [0, 0.05) is 23.5 Å². The summed E-state index contributed by atoms with van der Waals surface area (Å²) in [7, 11) is 0. The minimum Gasteiger partial charge on any atom is -0.321 e. The van der Waals surface area contributed by atoms with Gasteiger partial charge in [0.05, 0.1) is 10.2 Å². The molecule has 1 aliphatic heterocycles. The van der Waals surface area contributed by atoms with Crippen LogP contribution in [-0.2, 0) is 16.0 Å². The first-order valence-corrected chi connectivity index (χ1v) is 12.0. The second kappa shape index (κ2) is 10.5. The van der Waals surface area contributed by atoms with E-state index in [1.807, 2.05) is 44.2 Å². The van der Waals surface area contributed by atoms with E-state index < -0.39 is 16.1 Å². The lowest BCUT2D eigenvalue weighted by Gasteiger charge is -2.19. The smallest absolute Gasteiger partial charge is 0.269 e. The van der Waals surface area contributed by atoms with Crippen LogP contribution in [0.5, 0.6) is 0 Å². The van der Waals surface area contributed by atoms with Crippen LogP contribution in [0.15, 0.2) is 83.4 Å². The quantitative estimate of drug-likeness (QED) is 0.214. The monoisotopic (exact) mass is 498 g/mol. The molecule has 1 atom stereocenters. The van der Waals surface area contributed by atoms with E-state index in [1.165, 1.54) is 17.0 Å². The summed E-state index contributed by atoms with van der Waals surface area (Å²) in [5.74, 6) is -0.925. The van der Waals surface area contributed by atoms with Crippen molar-refractivity contribution >= 4 is 40.6 Å². The number of hydrogen-bond acceptors (Lipinski definition) is 6. The van der Waals surface area contributed by atoms with Gasteiger partial charge < -0.3 is 5.32 Å². The molecule has 1 aliphatic rings. The van der Waals surface area contributed by atoms with E-state index in [1.54, 1.807) is 36.4 Å². The molecule has 2 amide bonds. The molecule has 0 saturated carbocycles. The SMILES string of the molecule is Cc1ccc(NC(=O)/C(C#N)=C2\S[C@@H](Cc3cccc([N+](=O)[O-])c3)C(=O)N2c2ccc(C)cc2)cc1. The van der Waals surface area contributed by atoms with E-state index in [-0.39, 0.29) is 28.6 Å². The maximum absolute atomic E-state index is 13.6. The Labute approximate surface area is 212 Å². The van der Waals surface area contributed by atoms with Crippen LogP contribution in [0, 0.1) is 35.3 Å². The summed E-state index contributed by atoms with van der Waals surface area (Å²) in [5.41, 5.74) is 3.45. The first-order chi connectivity index (χ1) is 17.3. The van der Waals surface area contributed by atoms with Crippen LogP contribution in [0.3, 0.4) is 0 Å². The number of non-ortho nitro benzene ring substituents is 1. The number of nitro benzene ring substituents is 1. The molecular formula is C27H22N4O4S. The van der Waals surface area contributed by atoms with Crippen molar-refractivity contribution in [2.24, 2.45) is 0 Å². The topological polar surface area (TPSA) is 116 Å². The van der Waals surface area contributed by atoms with Crippen molar-refractivity contribution in [2.75, 3.05) is 10.2 Å². The Hall–Kier alpha value is -4.42. The Kier molecular flexibility index (Phi) is 7.17. The molecule has 1 saturated heterocycles. The average Bonchev–Trinajstić information content (AvgIpc) is 3.17. The van der Waals surface area contributed by atoms with Crippen LogP contribution < -0.4 is 10.2 Å². The molecule has 0 spiro atoms. The number of carbonyl (C=O) groups excluding carboxylic acids is 2. The summed E-state index contributed by atoms with van der Waals surface area (Å²) in [6, 6.07) is 22.5. The molecule has 3 aromatic carbocycles. The largest absolute Gasteiger partial charge is 0.321 e. The molecular weight excluding hydrogens is 476 g/mol. The van der Waals surface area contributed by atoms with E-state index in [9.17, 15) is 25.0 Å². The van der Waals surface area contributed by atoms with Gasteiger partial charge in [-0.05, 0) is 50.1 Å². The van der Waals surface area contributed by atoms with Crippen molar-refractivity contribution in [1.82, 2.24) is 0 Å². The third-order valence-electron chi connectivity index (χ3n) is 5.65. The summed E-state index contributed by atoms with van der Waals surface area (Å²) in [5, 5.41) is 23.4. The Bertz CT molecular complexity index is 1410. The number of carbonyl (C=O) groups is 2. The predicted molar refractivity (Wildman–Crippen MR) is 139 cm³/mol. The number of rotatable bonds is 6. The van der Waals surface area contributed by atoms with E-state index in [4.69, 9.17) is 0 Å². The van der Waals surface area contributed by atoms with Crippen molar-refractivity contribution < 1.29 is 14.5 Å². The predicted octanol–water partition coefficient (Wildman–Crippen LogP) is 5.28. The molecule has 3 aromatic rings. The standard InChI is InChI=1S/C27H22N4O4S/c1-17-6-10-20(11-7-17)29-25(32)23(16-28)27-30(21-12-8-18(2)9-13-21)26(33)24(36-27)15-19-4-3-5-22(14-19)31(34)35/h3-14,24H,15H2,1-2H3,(H,29,32)/b27-23-/t24-/m0/s1. The van der Waals surface area contributed by atoms with Gasteiger partial charge in [-0.25, -0.2) is 0 Å². The first-order valence-electron chi connectivity index (χ1n) is 11.1. The van der Waals surface area contributed by atoms with Crippen molar-refractivity contribution in [3.8, 4) is 6.07 Å². The highest BCUT2D eigenvalue weighted by Gasteiger charge is 2.41. The van der Waals surface area contributed by atoms with E-state index in [2.05, 4.69) is 5.32 Å². The molecule has 1 heterocycles. The number of thioether (sulfide) groups is 1. The Morgan fingerprint density at radius 1 is 1.08 bits per heavy atom. The lowest BCUT2D eigenvalue weighted by molar-refractivity contribution is -0.384. The molecule has 0 bridgehead atoms. The van der Waals surface area contributed by atoms with Gasteiger partial charge in [0.1, 0.15) is 16.7 Å². The highest BCUT2D eigenvalue weighted by Crippen LogP contribution is 2.42. The minimum absolute atomic E-state index is 0.0655. The minimum atomic E-state index is -0.668. The normalized spacial score (nSPS) is 16.4. The number of nitrogens with zero attached hydrogens (tertiary/aromatic N) is 3. The van der Waals surface area contributed by atoms with Crippen LogP contribution in [0.2, 0.25) is 0 Å². The fourth-order valence-corrected chi connectivity index (χ4v) is 5.07. The molecule has 9 heteroatoms. The molecule has 0 aliphatic carbocycles. The number of amides is 2. The number of nitro groups is 1. The number of hydrogen-bond donors (Lipinski definition) is 1. The summed E-state index contributed by atoms with van der Waals surface area (Å²) in [4.78, 5) is 38.8.